The molecule has 0 aromatic heterocycles. The van der Waals surface area contributed by atoms with Crippen molar-refractivity contribution in [3.05, 3.63) is 258 Å². The van der Waals surface area contributed by atoms with E-state index in [0.717, 1.165) is 68.4 Å². The number of hydrogen-bond acceptors (Lipinski definition) is 3. The number of aldehydes is 1. The Kier molecular flexibility index (Phi) is 59.1. The molecule has 0 heterocycles. The summed E-state index contributed by atoms with van der Waals surface area (Å²) >= 11 is 3.59. The van der Waals surface area contributed by atoms with E-state index < -0.39 is 52.1 Å². The number of aliphatic hydroxyl groups is 1. The van der Waals surface area contributed by atoms with Crippen LogP contribution >= 0.6 is 32.9 Å². The molecule has 0 amide bonds. The number of carbonyl (C=O) groups is 1. The van der Waals surface area contributed by atoms with Crippen molar-refractivity contribution in [3.63, 3.8) is 0 Å². The van der Waals surface area contributed by atoms with Crippen molar-refractivity contribution in [3.8, 4) is 81.5 Å². The molecule has 524 valence electrons. The average Bonchev–Trinajstić information content (AvgIpc) is 0.792. The summed E-state index contributed by atoms with van der Waals surface area (Å²) in [6.45, 7) is 47.7. The van der Waals surface area contributed by atoms with Crippen molar-refractivity contribution in [1.29, 1.82) is 0 Å². The van der Waals surface area contributed by atoms with Crippen LogP contribution in [-0.4, -0.2) is 57.4 Å². The van der Waals surface area contributed by atoms with Crippen LogP contribution in [0.5, 0.6) is 0 Å². The van der Waals surface area contributed by atoms with E-state index >= 15 is 0 Å². The molecule has 0 aliphatic rings. The number of benzene rings is 7. The van der Waals surface area contributed by atoms with Gasteiger partial charge in [-0.25, -0.2) is 0 Å². The van der Waals surface area contributed by atoms with Gasteiger partial charge < -0.3 is 17.1 Å². The van der Waals surface area contributed by atoms with Crippen molar-refractivity contribution in [2.24, 2.45) is 0 Å². The monoisotopic (exact) mass is 1570 g/mol. The minimum atomic E-state index is -1.49. The third kappa shape index (κ3) is 57.9. The van der Waals surface area contributed by atoms with Crippen LogP contribution < -0.4 is 75.4 Å². The zero-order chi connectivity index (χ0) is 73.6. The first kappa shape index (κ1) is 104. The van der Waals surface area contributed by atoms with Gasteiger partial charge in [0.15, 0.2) is 0 Å². The summed E-state index contributed by atoms with van der Waals surface area (Å²) < 4.78 is 0. The van der Waals surface area contributed by atoms with Crippen LogP contribution in [0.2, 0.25) is 98.2 Å². The summed E-state index contributed by atoms with van der Waals surface area (Å²) in [5.74, 6) is 25.6. The molecule has 12 heteroatoms. The zero-order valence-electron chi connectivity index (χ0n) is 64.7. The molecule has 1 N–H and O–H groups in total. The Bertz CT molecular complexity index is 3660. The Balaban J connectivity index is -0.000000369. The minimum absolute atomic E-state index is 0. The number of hydrogen-bond donors (Lipinski definition) is 1. The number of unbranched alkanes of at least 4 members (excludes halogenated alkanes) is 1. The summed E-state index contributed by atoms with van der Waals surface area (Å²) in [5, 5.41) is 19.8. The van der Waals surface area contributed by atoms with E-state index in [0.29, 0.717) is 0 Å². The molecule has 7 rings (SSSR count). The molecule has 0 saturated heterocycles. The maximum atomic E-state index is 10.1. The van der Waals surface area contributed by atoms with Gasteiger partial charge in [-0.2, -0.15) is 6.42 Å². The molecule has 7 aromatic rings. The van der Waals surface area contributed by atoms with Crippen molar-refractivity contribution < 1.29 is 85.3 Å². The van der Waals surface area contributed by atoms with Crippen LogP contribution in [0.3, 0.4) is 0 Å². The molecule has 0 bridgehead atoms. The number of terminal acetylenes is 1. The van der Waals surface area contributed by atoms with E-state index in [1.165, 1.54) is 12.0 Å². The number of allylic oxidation sites excluding steroid dienone is 4. The van der Waals surface area contributed by atoms with Gasteiger partial charge in [0.25, 0.3) is 0 Å². The minimum Gasteiger partial charge on any atom is -0.850 e. The van der Waals surface area contributed by atoms with Crippen LogP contribution in [0.25, 0.3) is 22.3 Å². The van der Waals surface area contributed by atoms with E-state index in [1.54, 1.807) is 32.9 Å². The molecule has 0 aliphatic heterocycles. The third-order valence-electron chi connectivity index (χ3n) is 11.5. The first-order valence-corrected chi connectivity index (χ1v) is 51.4. The fourth-order valence-electron chi connectivity index (χ4n) is 6.81. The second-order valence-electron chi connectivity index (χ2n) is 28.2. The molecule has 0 saturated carbocycles. The van der Waals surface area contributed by atoms with Gasteiger partial charge in [0.2, 0.25) is 0 Å². The molecule has 101 heavy (non-hydrogen) atoms. The summed E-state index contributed by atoms with van der Waals surface area (Å²) in [6, 6.07) is 70.2. The smallest absolute Gasteiger partial charge is 0.850 e. The maximum Gasteiger partial charge on any atom is 1.00 e. The summed E-state index contributed by atoms with van der Waals surface area (Å²) in [4.78, 5) is 10.2. The van der Waals surface area contributed by atoms with Crippen LogP contribution in [0, 0.1) is 88.4 Å². The number of rotatable bonds is 8. The molecule has 0 aliphatic carbocycles. The van der Waals surface area contributed by atoms with Crippen molar-refractivity contribution in [1.82, 2.24) is 0 Å². The van der Waals surface area contributed by atoms with E-state index in [4.69, 9.17) is 6.42 Å². The molecule has 2 atom stereocenters. The summed E-state index contributed by atoms with van der Waals surface area (Å²) in [6.07, 6.45) is 7.59. The van der Waals surface area contributed by atoms with E-state index in [2.05, 4.69) is 288 Å². The van der Waals surface area contributed by atoms with Gasteiger partial charge in [-0.15, -0.1) is 68.6 Å². The molecule has 2 unspecified atom stereocenters. The summed E-state index contributed by atoms with van der Waals surface area (Å²) in [7, 11) is -6.71. The molecule has 0 fully saturated rings. The van der Waals surface area contributed by atoms with Crippen LogP contribution in [-0.2, 0) is 0 Å². The largest absolute Gasteiger partial charge is 1.00 e. The standard InChI is InChI=1S/C24H28Si2.C20H16.C12H15BrSi.C12H16OSi.C7H6O.C5H10Si.C4H9O.C4H9.CH4.BrH.K.Li/c1-25(2,3)19-17-23(21-13-9-7-10-14-21)24(18-20-26(4,5)6)22-15-11-8-12-16-22;1-3-11-19(17-13-7-5-8-14-17)20(12-4-2)18-15-9-6-10-16-18;2*1-14(2,3)10-9-12(13)11-7-5-4-6-8-11;8-6-7-4-2-1-3-5-7;1-5-6(2,3)4;1-4(2,3)5;1-3-4-2;;;;/h7-16H,1-6H3;5-10,13-16H,1-2H3;4-8,12H,1-3H3;4-8,12-13H,1-3H3;1-6H;1H,2-4H3;1-3H3;1,3-4H2,2H3;1H4;1H;;/q;;;;;;2*-1;;;2*+1/b24-23+;20-19+;;;;;;;;;;. The van der Waals surface area contributed by atoms with Gasteiger partial charge in [0.1, 0.15) is 52.8 Å². The van der Waals surface area contributed by atoms with Gasteiger partial charge in [0.05, 0.1) is 4.83 Å². The van der Waals surface area contributed by atoms with Crippen molar-refractivity contribution >= 4 is 102 Å². The van der Waals surface area contributed by atoms with Crippen LogP contribution in [0.15, 0.2) is 212 Å². The predicted octanol–water partition coefficient (Wildman–Crippen LogP) is 17.6. The van der Waals surface area contributed by atoms with E-state index in [1.807, 2.05) is 129 Å². The Morgan fingerprint density at radius 1 is 0.475 bits per heavy atom. The molecule has 0 spiro atoms. The quantitative estimate of drug-likeness (QED) is 0.0412. The van der Waals surface area contributed by atoms with Gasteiger partial charge in [0, 0.05) is 27.9 Å². The van der Waals surface area contributed by atoms with E-state index in [9.17, 15) is 15.0 Å². The second kappa shape index (κ2) is 57.2. The van der Waals surface area contributed by atoms with Gasteiger partial charge in [-0.1, -0.05) is 404 Å². The molecular weight excluding hydrogens is 1460 g/mol. The fraction of sp³-hybridized carbons (Fsp3) is 0.303. The topological polar surface area (TPSA) is 60.4 Å². The Morgan fingerprint density at radius 2 is 0.703 bits per heavy atom. The average molecular weight is 1580 g/mol. The SMILES string of the molecule is Br.C.C#C[Si](C)(C)C.CC#C/C(=C(/C#CC)c1ccccc1)c1ccccc1.CC(C)(C)[O-].C[Si](C)(C)C#C/C(=C(/C#C[Si](C)(C)C)c1ccccc1)c1ccccc1.C[Si](C)(C)C#CC(Br)c1ccccc1.C[Si](C)(C)C#CC(O)c1ccccc1.O=Cc1ccccc1.[CH2-]CCC.[K+].[Li+]. The number of halogens is 2. The number of carbonyl (C=O) groups excluding carboxylic acids is 1. The number of aliphatic hydroxyl groups excluding tert-OH is 1. The first-order valence-electron chi connectivity index (χ1n) is 33.0. The first-order chi connectivity index (χ1) is 45.4. The van der Waals surface area contributed by atoms with Crippen molar-refractivity contribution in [2.75, 3.05) is 0 Å². The Morgan fingerprint density at radius 3 is 0.921 bits per heavy atom. The molecule has 3 nitrogen and oxygen atoms in total. The molecule has 7 aromatic carbocycles. The zero-order valence-corrected chi connectivity index (χ0v) is 76.1. The third-order valence-corrected chi connectivity index (χ3v) is 16.6. The normalized spacial score (nSPS) is 11.0. The van der Waals surface area contributed by atoms with E-state index in [-0.39, 0.29) is 99.5 Å². The van der Waals surface area contributed by atoms with Crippen LogP contribution in [0.1, 0.15) is 116 Å². The Hall–Kier alpha value is -5.19. The molecule has 0 radical (unpaired) electrons. The van der Waals surface area contributed by atoms with Gasteiger partial charge >= 0.3 is 70.2 Å². The fourth-order valence-corrected chi connectivity index (χ4v) is 9.58. The predicted molar refractivity (Wildman–Crippen MR) is 461 cm³/mol. The number of alkyl halides is 1. The summed E-state index contributed by atoms with van der Waals surface area (Å²) in [5.41, 5.74) is 27.0. The van der Waals surface area contributed by atoms with Crippen LogP contribution in [0.4, 0.5) is 0 Å². The second-order valence-corrected chi connectivity index (χ2v) is 52.9. The van der Waals surface area contributed by atoms with Gasteiger partial charge in [-0.05, 0) is 47.2 Å². The maximum absolute atomic E-state index is 10.1. The van der Waals surface area contributed by atoms with Gasteiger partial charge in [-0.3, -0.25) is 4.79 Å². The Labute approximate surface area is 695 Å². The molecular formula is C89H114Br2KLiO3Si5. The van der Waals surface area contributed by atoms with Crippen molar-refractivity contribution in [2.45, 2.75) is 177 Å².